The lowest BCUT2D eigenvalue weighted by Crippen LogP contribution is -2.03. The Bertz CT molecular complexity index is 1240. The monoisotopic (exact) mass is 399 g/mol. The zero-order valence-electron chi connectivity index (χ0n) is 16.3. The summed E-state index contributed by atoms with van der Waals surface area (Å²) in [6.07, 6.45) is 3.59. The van der Waals surface area contributed by atoms with Gasteiger partial charge in [-0.3, -0.25) is 4.98 Å². The van der Waals surface area contributed by atoms with Crippen molar-refractivity contribution in [1.82, 2.24) is 15.0 Å². The molecule has 0 unspecified atom stereocenters. The van der Waals surface area contributed by atoms with Gasteiger partial charge in [0.1, 0.15) is 29.5 Å². The number of fused-ring (bicyclic) bond motifs is 1. The van der Waals surface area contributed by atoms with Crippen LogP contribution in [0.4, 0.5) is 10.2 Å². The van der Waals surface area contributed by atoms with E-state index in [-0.39, 0.29) is 18.8 Å². The number of halogens is 1. The van der Waals surface area contributed by atoms with Crippen LogP contribution < -0.4 is 10.1 Å². The lowest BCUT2D eigenvalue weighted by molar-refractivity contribution is 0.330. The summed E-state index contributed by atoms with van der Waals surface area (Å²) in [6.45, 7) is 0.202. The van der Waals surface area contributed by atoms with Gasteiger partial charge in [-0.1, -0.05) is 18.2 Å². The van der Waals surface area contributed by atoms with Gasteiger partial charge in [0.15, 0.2) is 5.82 Å². The van der Waals surface area contributed by atoms with Crippen molar-refractivity contribution >= 4 is 16.7 Å². The van der Waals surface area contributed by atoms with Gasteiger partial charge in [-0.15, -0.1) is 0 Å². The van der Waals surface area contributed by atoms with E-state index in [9.17, 15) is 4.39 Å². The molecule has 0 aliphatic heterocycles. The smallest absolute Gasteiger partial charge is 0.163 e. The number of hydrogen-bond donors (Lipinski definition) is 1. The molecule has 148 valence electrons. The number of pyridine rings is 1. The molecule has 0 saturated heterocycles. The zero-order valence-corrected chi connectivity index (χ0v) is 16.3. The van der Waals surface area contributed by atoms with E-state index >= 15 is 0 Å². The molecule has 30 heavy (non-hydrogen) atoms. The number of nitrogens with one attached hydrogen (secondary N) is 1. The highest BCUT2D eigenvalue weighted by Gasteiger charge is 2.16. The third-order valence-electron chi connectivity index (χ3n) is 4.58. The topological polar surface area (TPSA) is 83.7 Å². The number of ether oxygens (including phenoxy) is 1. The van der Waals surface area contributed by atoms with Crippen molar-refractivity contribution in [3.8, 4) is 34.3 Å². The SMILES string of the molecule is CNc1nc(-c2cccnc2)nc2c(OCCC#N)cc(-c3ccccc3F)cc12. The van der Waals surface area contributed by atoms with Gasteiger partial charge in [0, 0.05) is 36.0 Å². The first-order valence-electron chi connectivity index (χ1n) is 9.40. The number of nitriles is 1. The van der Waals surface area contributed by atoms with Crippen LogP contribution in [0.1, 0.15) is 6.42 Å². The van der Waals surface area contributed by atoms with Gasteiger partial charge in [0.2, 0.25) is 0 Å². The Morgan fingerprint density at radius 2 is 1.97 bits per heavy atom. The Morgan fingerprint density at radius 1 is 1.10 bits per heavy atom. The van der Waals surface area contributed by atoms with Crippen LogP contribution >= 0.6 is 0 Å². The van der Waals surface area contributed by atoms with E-state index in [4.69, 9.17) is 15.0 Å². The molecule has 0 fully saturated rings. The van der Waals surface area contributed by atoms with E-state index in [2.05, 4.69) is 21.4 Å². The van der Waals surface area contributed by atoms with Crippen molar-refractivity contribution in [1.29, 1.82) is 5.26 Å². The van der Waals surface area contributed by atoms with E-state index in [0.717, 1.165) is 5.56 Å². The fourth-order valence-corrected chi connectivity index (χ4v) is 3.18. The van der Waals surface area contributed by atoms with Crippen molar-refractivity contribution in [2.45, 2.75) is 6.42 Å². The molecule has 0 spiro atoms. The first-order valence-corrected chi connectivity index (χ1v) is 9.40. The highest BCUT2D eigenvalue weighted by atomic mass is 19.1. The molecule has 1 N–H and O–H groups in total. The molecule has 0 amide bonds. The van der Waals surface area contributed by atoms with Crippen LogP contribution in [0.15, 0.2) is 60.9 Å². The minimum Gasteiger partial charge on any atom is -0.490 e. The van der Waals surface area contributed by atoms with Gasteiger partial charge in [-0.25, -0.2) is 14.4 Å². The molecular weight excluding hydrogens is 381 g/mol. The Hall–Kier alpha value is -4.05. The summed E-state index contributed by atoms with van der Waals surface area (Å²) in [5.41, 5.74) is 2.42. The van der Waals surface area contributed by atoms with E-state index in [0.29, 0.717) is 39.4 Å². The van der Waals surface area contributed by atoms with Crippen molar-refractivity contribution in [2.24, 2.45) is 0 Å². The molecule has 4 rings (SSSR count). The molecule has 0 saturated carbocycles. The molecule has 0 radical (unpaired) electrons. The number of aromatic nitrogens is 3. The maximum absolute atomic E-state index is 14.4. The van der Waals surface area contributed by atoms with Gasteiger partial charge in [-0.05, 0) is 35.9 Å². The predicted molar refractivity (Wildman–Crippen MR) is 113 cm³/mol. The molecule has 2 aromatic heterocycles. The molecule has 6 nitrogen and oxygen atoms in total. The summed E-state index contributed by atoms with van der Waals surface area (Å²) >= 11 is 0. The second-order valence-electron chi connectivity index (χ2n) is 6.49. The maximum Gasteiger partial charge on any atom is 0.163 e. The molecule has 0 aliphatic carbocycles. The Morgan fingerprint density at radius 3 is 2.70 bits per heavy atom. The minimum absolute atomic E-state index is 0.202. The molecule has 7 heteroatoms. The Labute approximate surface area is 173 Å². The van der Waals surface area contributed by atoms with Crippen molar-refractivity contribution in [3.05, 3.63) is 66.7 Å². The van der Waals surface area contributed by atoms with Gasteiger partial charge in [0.05, 0.1) is 12.5 Å². The largest absolute Gasteiger partial charge is 0.490 e. The van der Waals surface area contributed by atoms with Crippen molar-refractivity contribution in [2.75, 3.05) is 19.0 Å². The summed E-state index contributed by atoms with van der Waals surface area (Å²) in [5.74, 6) is 1.20. The average molecular weight is 399 g/mol. The molecule has 0 aliphatic rings. The normalized spacial score (nSPS) is 10.6. The Kier molecular flexibility index (Phi) is 5.48. The number of hydrogen-bond acceptors (Lipinski definition) is 6. The molecule has 0 bridgehead atoms. The molecule has 0 atom stereocenters. The van der Waals surface area contributed by atoms with Crippen LogP contribution in [0.3, 0.4) is 0 Å². The summed E-state index contributed by atoms with van der Waals surface area (Å²) < 4.78 is 20.3. The summed E-state index contributed by atoms with van der Waals surface area (Å²) in [7, 11) is 1.76. The lowest BCUT2D eigenvalue weighted by Gasteiger charge is -2.15. The fraction of sp³-hybridized carbons (Fsp3) is 0.130. The summed E-state index contributed by atoms with van der Waals surface area (Å²) in [5, 5.41) is 12.7. The van der Waals surface area contributed by atoms with E-state index in [1.165, 1.54) is 6.07 Å². The lowest BCUT2D eigenvalue weighted by atomic mass is 10.0. The quantitative estimate of drug-likeness (QED) is 0.468. The minimum atomic E-state index is -0.335. The van der Waals surface area contributed by atoms with Gasteiger partial charge in [0.25, 0.3) is 0 Å². The molecule has 2 heterocycles. The number of nitrogens with zero attached hydrogens (tertiary/aromatic N) is 4. The number of anilines is 1. The second kappa shape index (κ2) is 8.53. The fourth-order valence-electron chi connectivity index (χ4n) is 3.18. The highest BCUT2D eigenvalue weighted by molar-refractivity contribution is 5.97. The van der Waals surface area contributed by atoms with Crippen molar-refractivity contribution in [3.63, 3.8) is 0 Å². The van der Waals surface area contributed by atoms with Gasteiger partial charge in [-0.2, -0.15) is 5.26 Å². The van der Waals surface area contributed by atoms with Crippen LogP contribution in [0, 0.1) is 17.1 Å². The standard InChI is InChI=1S/C23H18FN5O/c1-26-23-18-12-16(17-7-2-3-8-19(17)24)13-20(30-11-5-9-25)21(18)28-22(29-23)15-6-4-10-27-14-15/h2-4,6-8,10,12-14H,5,11H2,1H3,(H,26,28,29). The van der Waals surface area contributed by atoms with E-state index in [1.54, 1.807) is 43.7 Å². The zero-order chi connectivity index (χ0) is 20.9. The average Bonchev–Trinajstić information content (AvgIpc) is 2.79. The molecule has 4 aromatic rings. The highest BCUT2D eigenvalue weighted by Crippen LogP contribution is 2.36. The summed E-state index contributed by atoms with van der Waals surface area (Å²) in [6, 6.07) is 15.9. The van der Waals surface area contributed by atoms with Crippen molar-refractivity contribution < 1.29 is 9.13 Å². The van der Waals surface area contributed by atoms with Crippen LogP contribution in [0.2, 0.25) is 0 Å². The third-order valence-corrected chi connectivity index (χ3v) is 4.58. The second-order valence-corrected chi connectivity index (χ2v) is 6.49. The van der Waals surface area contributed by atoms with Crippen LogP contribution in [0.25, 0.3) is 33.4 Å². The summed E-state index contributed by atoms with van der Waals surface area (Å²) in [4.78, 5) is 13.5. The van der Waals surface area contributed by atoms with E-state index < -0.39 is 0 Å². The molecular formula is C23H18FN5O. The van der Waals surface area contributed by atoms with Crippen LogP contribution in [0.5, 0.6) is 5.75 Å². The number of rotatable bonds is 6. The Balaban J connectivity index is 1.96. The predicted octanol–water partition coefficient (Wildman–Crippen LogP) is 4.83. The third kappa shape index (κ3) is 3.76. The van der Waals surface area contributed by atoms with Gasteiger partial charge >= 0.3 is 0 Å². The van der Waals surface area contributed by atoms with Gasteiger partial charge < -0.3 is 10.1 Å². The first kappa shape index (κ1) is 19.3. The van der Waals surface area contributed by atoms with E-state index in [1.807, 2.05) is 18.2 Å². The van der Waals surface area contributed by atoms with Crippen LogP contribution in [-0.2, 0) is 0 Å². The molecule has 2 aromatic carbocycles. The van der Waals surface area contributed by atoms with Crippen LogP contribution in [-0.4, -0.2) is 28.6 Å². The number of benzene rings is 2. The maximum atomic E-state index is 14.4. The first-order chi connectivity index (χ1) is 14.7.